The molecule has 1 atom stereocenters. The first-order valence-corrected chi connectivity index (χ1v) is 8.54. The minimum atomic E-state index is -3.30. The van der Waals surface area contributed by atoms with Crippen molar-refractivity contribution in [1.82, 2.24) is 9.62 Å². The second-order valence-corrected chi connectivity index (χ2v) is 6.87. The monoisotopic (exact) mass is 344 g/mol. The first-order valence-electron chi connectivity index (χ1n) is 6.89. The van der Waals surface area contributed by atoms with Gasteiger partial charge in [0.05, 0.1) is 5.75 Å². The van der Waals surface area contributed by atoms with Crippen LogP contribution in [0.2, 0.25) is 0 Å². The van der Waals surface area contributed by atoms with Gasteiger partial charge in [-0.1, -0.05) is 6.42 Å². The zero-order chi connectivity index (χ0) is 15.0. The second-order valence-electron chi connectivity index (χ2n) is 4.95. The summed E-state index contributed by atoms with van der Waals surface area (Å²) in [6, 6.07) is -0.484. The number of methoxy groups -OCH3 is 1. The van der Waals surface area contributed by atoms with Crippen molar-refractivity contribution in [3.05, 3.63) is 0 Å². The number of nitrogens with zero attached hydrogens (tertiary/aromatic N) is 1. The average Bonchev–Trinajstić information content (AvgIpc) is 2.39. The second kappa shape index (κ2) is 10.3. The van der Waals surface area contributed by atoms with E-state index in [0.717, 1.165) is 12.8 Å². The molecule has 0 radical (unpaired) electrons. The summed E-state index contributed by atoms with van der Waals surface area (Å²) >= 11 is 0. The molecule has 1 heterocycles. The van der Waals surface area contributed by atoms with Gasteiger partial charge < -0.3 is 9.84 Å². The van der Waals surface area contributed by atoms with E-state index in [1.54, 1.807) is 0 Å². The van der Waals surface area contributed by atoms with Gasteiger partial charge in [0, 0.05) is 26.8 Å². The highest BCUT2D eigenvalue weighted by molar-refractivity contribution is 7.89. The normalized spacial score (nSPS) is 20.0. The molecular formula is C12H25ClN2O5S. The van der Waals surface area contributed by atoms with Crippen LogP contribution in [-0.2, 0) is 19.6 Å². The number of sulfonamides is 1. The SMILES string of the molecule is COCCCS(=O)(=O)NCCN1CCCCC1C(=O)O.Cl. The third-order valence-corrected chi connectivity index (χ3v) is 4.85. The summed E-state index contributed by atoms with van der Waals surface area (Å²) in [5.74, 6) is -0.795. The summed E-state index contributed by atoms with van der Waals surface area (Å²) in [6.45, 7) is 1.80. The Morgan fingerprint density at radius 2 is 2.14 bits per heavy atom. The van der Waals surface area contributed by atoms with Crippen LogP contribution in [0.25, 0.3) is 0 Å². The third-order valence-electron chi connectivity index (χ3n) is 3.38. The maximum atomic E-state index is 11.7. The fourth-order valence-electron chi connectivity index (χ4n) is 2.35. The number of aliphatic carboxylic acids is 1. The van der Waals surface area contributed by atoms with E-state index in [9.17, 15) is 13.2 Å². The van der Waals surface area contributed by atoms with Crippen molar-refractivity contribution in [1.29, 1.82) is 0 Å². The summed E-state index contributed by atoms with van der Waals surface area (Å²) in [5, 5.41) is 9.12. The maximum Gasteiger partial charge on any atom is 0.320 e. The fourth-order valence-corrected chi connectivity index (χ4v) is 3.39. The van der Waals surface area contributed by atoms with E-state index in [4.69, 9.17) is 9.84 Å². The van der Waals surface area contributed by atoms with E-state index in [1.807, 2.05) is 4.90 Å². The van der Waals surface area contributed by atoms with Gasteiger partial charge in [-0.25, -0.2) is 13.1 Å². The van der Waals surface area contributed by atoms with Gasteiger partial charge in [-0.05, 0) is 25.8 Å². The summed E-state index contributed by atoms with van der Waals surface area (Å²) in [7, 11) is -1.77. The van der Waals surface area contributed by atoms with Crippen molar-refractivity contribution in [3.8, 4) is 0 Å². The zero-order valence-electron chi connectivity index (χ0n) is 12.3. The molecule has 7 nitrogen and oxygen atoms in total. The molecule has 1 fully saturated rings. The number of likely N-dealkylation sites (tertiary alicyclic amines) is 1. The predicted octanol–water partition coefficient (Wildman–Crippen LogP) is 0.303. The molecule has 0 aromatic heterocycles. The molecular weight excluding hydrogens is 320 g/mol. The molecule has 9 heteroatoms. The van der Waals surface area contributed by atoms with Crippen LogP contribution in [0.3, 0.4) is 0 Å². The molecule has 1 rings (SSSR count). The number of carbonyl (C=O) groups is 1. The molecule has 1 saturated heterocycles. The number of carboxylic acids is 1. The first-order chi connectivity index (χ1) is 9.46. The third kappa shape index (κ3) is 7.96. The van der Waals surface area contributed by atoms with E-state index in [2.05, 4.69) is 4.72 Å². The Labute approximate surface area is 132 Å². The van der Waals surface area contributed by atoms with Crippen molar-refractivity contribution in [2.45, 2.75) is 31.7 Å². The van der Waals surface area contributed by atoms with Crippen molar-refractivity contribution >= 4 is 28.4 Å². The molecule has 0 aromatic carbocycles. The molecule has 2 N–H and O–H groups in total. The molecule has 0 amide bonds. The highest BCUT2D eigenvalue weighted by atomic mass is 35.5. The Morgan fingerprint density at radius 1 is 1.43 bits per heavy atom. The highest BCUT2D eigenvalue weighted by Gasteiger charge is 2.27. The standard InChI is InChI=1S/C12H24N2O5S.ClH/c1-19-9-4-10-20(17,18)13-6-8-14-7-3-2-5-11(14)12(15)16;/h11,13H,2-10H2,1H3,(H,15,16);1H. The number of nitrogens with one attached hydrogen (secondary N) is 1. The van der Waals surface area contributed by atoms with Crippen LogP contribution in [0.1, 0.15) is 25.7 Å². The van der Waals surface area contributed by atoms with Crippen LogP contribution < -0.4 is 4.72 Å². The summed E-state index contributed by atoms with van der Waals surface area (Å²) < 4.78 is 30.6. The average molecular weight is 345 g/mol. The predicted molar refractivity (Wildman–Crippen MR) is 82.4 cm³/mol. The molecule has 0 bridgehead atoms. The molecule has 0 spiro atoms. The molecule has 1 aliphatic heterocycles. The number of hydrogen-bond donors (Lipinski definition) is 2. The fraction of sp³-hybridized carbons (Fsp3) is 0.917. The Kier molecular flexibility index (Phi) is 10.1. The molecule has 21 heavy (non-hydrogen) atoms. The summed E-state index contributed by atoms with van der Waals surface area (Å²) in [5.41, 5.74) is 0. The van der Waals surface area contributed by atoms with Gasteiger partial charge in [-0.2, -0.15) is 0 Å². The maximum absolute atomic E-state index is 11.7. The van der Waals surface area contributed by atoms with Crippen molar-refractivity contribution in [2.75, 3.05) is 39.1 Å². The smallest absolute Gasteiger partial charge is 0.320 e. The van der Waals surface area contributed by atoms with Gasteiger partial charge >= 0.3 is 5.97 Å². The van der Waals surface area contributed by atoms with Crippen LogP contribution >= 0.6 is 12.4 Å². The number of rotatable bonds is 9. The zero-order valence-corrected chi connectivity index (χ0v) is 13.9. The lowest BCUT2D eigenvalue weighted by Gasteiger charge is -2.32. The Morgan fingerprint density at radius 3 is 2.76 bits per heavy atom. The lowest BCUT2D eigenvalue weighted by Crippen LogP contribution is -2.47. The van der Waals surface area contributed by atoms with E-state index in [-0.39, 0.29) is 24.7 Å². The van der Waals surface area contributed by atoms with Crippen LogP contribution in [-0.4, -0.2) is 69.5 Å². The van der Waals surface area contributed by atoms with E-state index in [0.29, 0.717) is 32.5 Å². The number of hydrogen-bond acceptors (Lipinski definition) is 5. The summed E-state index contributed by atoms with van der Waals surface area (Å²) in [4.78, 5) is 12.9. The first kappa shape index (κ1) is 20.6. The molecule has 0 aromatic rings. The minimum Gasteiger partial charge on any atom is -0.480 e. The Bertz CT molecular complexity index is 404. The quantitative estimate of drug-likeness (QED) is 0.584. The largest absolute Gasteiger partial charge is 0.480 e. The lowest BCUT2D eigenvalue weighted by atomic mass is 10.0. The number of carboxylic acid groups (broad SMARTS) is 1. The van der Waals surface area contributed by atoms with Gasteiger partial charge in [0.15, 0.2) is 0 Å². The van der Waals surface area contributed by atoms with Crippen LogP contribution in [0.4, 0.5) is 0 Å². The number of halogens is 1. The van der Waals surface area contributed by atoms with Gasteiger partial charge in [0.25, 0.3) is 0 Å². The number of piperidine rings is 1. The lowest BCUT2D eigenvalue weighted by molar-refractivity contribution is -0.144. The molecule has 1 unspecified atom stereocenters. The van der Waals surface area contributed by atoms with Crippen molar-refractivity contribution < 1.29 is 23.1 Å². The highest BCUT2D eigenvalue weighted by Crippen LogP contribution is 2.16. The molecule has 0 aliphatic carbocycles. The van der Waals surface area contributed by atoms with Crippen LogP contribution in [0.15, 0.2) is 0 Å². The van der Waals surface area contributed by atoms with Crippen molar-refractivity contribution in [2.24, 2.45) is 0 Å². The van der Waals surface area contributed by atoms with Crippen LogP contribution in [0, 0.1) is 0 Å². The Hall–Kier alpha value is -0.410. The minimum absolute atomic E-state index is 0. The topological polar surface area (TPSA) is 95.9 Å². The van der Waals surface area contributed by atoms with Gasteiger partial charge in [-0.3, -0.25) is 9.69 Å². The molecule has 1 aliphatic rings. The summed E-state index contributed by atoms with van der Waals surface area (Å²) in [6.07, 6.45) is 2.96. The van der Waals surface area contributed by atoms with Crippen LogP contribution in [0.5, 0.6) is 0 Å². The van der Waals surface area contributed by atoms with E-state index < -0.39 is 22.0 Å². The van der Waals surface area contributed by atoms with Gasteiger partial charge in [-0.15, -0.1) is 12.4 Å². The molecule has 126 valence electrons. The van der Waals surface area contributed by atoms with E-state index >= 15 is 0 Å². The van der Waals surface area contributed by atoms with E-state index in [1.165, 1.54) is 7.11 Å². The molecule has 0 saturated carbocycles. The van der Waals surface area contributed by atoms with Gasteiger partial charge in [0.2, 0.25) is 10.0 Å². The van der Waals surface area contributed by atoms with Crippen molar-refractivity contribution in [3.63, 3.8) is 0 Å². The Balaban J connectivity index is 0.00000400. The number of ether oxygens (including phenoxy) is 1. The van der Waals surface area contributed by atoms with Gasteiger partial charge in [0.1, 0.15) is 6.04 Å².